The van der Waals surface area contributed by atoms with Gasteiger partial charge in [-0.2, -0.15) is 0 Å². The Morgan fingerprint density at radius 1 is 1.00 bits per heavy atom. The Morgan fingerprint density at radius 2 is 1.44 bits per heavy atom. The van der Waals surface area contributed by atoms with Crippen LogP contribution in [0.15, 0.2) is 0 Å². The SMILES string of the molecule is CC(C)CCN(CCC(C)C)S(=O)(=O)CCCN. The molecule has 2 N–H and O–H groups in total. The van der Waals surface area contributed by atoms with Crippen molar-refractivity contribution < 1.29 is 8.42 Å². The van der Waals surface area contributed by atoms with Gasteiger partial charge in [-0.15, -0.1) is 0 Å². The number of nitrogens with two attached hydrogens (primary N) is 1. The van der Waals surface area contributed by atoms with Gasteiger partial charge in [0, 0.05) is 13.1 Å². The lowest BCUT2D eigenvalue weighted by Crippen LogP contribution is -2.36. The van der Waals surface area contributed by atoms with Gasteiger partial charge in [0.1, 0.15) is 0 Å². The molecule has 0 aliphatic carbocycles. The van der Waals surface area contributed by atoms with E-state index in [9.17, 15) is 8.42 Å². The molecule has 0 aromatic rings. The Labute approximate surface area is 113 Å². The zero-order valence-electron chi connectivity index (χ0n) is 12.4. The van der Waals surface area contributed by atoms with Gasteiger partial charge in [-0.3, -0.25) is 0 Å². The van der Waals surface area contributed by atoms with Crippen LogP contribution in [-0.2, 0) is 10.0 Å². The minimum absolute atomic E-state index is 0.180. The van der Waals surface area contributed by atoms with E-state index in [1.54, 1.807) is 4.31 Å². The molecule has 0 bridgehead atoms. The van der Waals surface area contributed by atoms with Crippen molar-refractivity contribution in [3.63, 3.8) is 0 Å². The molecule has 0 aliphatic rings. The highest BCUT2D eigenvalue weighted by molar-refractivity contribution is 7.89. The first-order valence-electron chi connectivity index (χ1n) is 6.97. The Hall–Kier alpha value is -0.130. The Morgan fingerprint density at radius 3 is 1.78 bits per heavy atom. The molecular weight excluding hydrogens is 248 g/mol. The molecule has 0 saturated heterocycles. The monoisotopic (exact) mass is 278 g/mol. The van der Waals surface area contributed by atoms with E-state index in [-0.39, 0.29) is 5.75 Å². The van der Waals surface area contributed by atoms with Crippen molar-refractivity contribution in [1.82, 2.24) is 4.31 Å². The highest BCUT2D eigenvalue weighted by Crippen LogP contribution is 2.11. The highest BCUT2D eigenvalue weighted by atomic mass is 32.2. The molecule has 0 aromatic heterocycles. The van der Waals surface area contributed by atoms with Gasteiger partial charge in [0.2, 0.25) is 10.0 Å². The fourth-order valence-electron chi connectivity index (χ4n) is 1.59. The number of hydrogen-bond acceptors (Lipinski definition) is 3. The molecule has 0 saturated carbocycles. The third-order valence-corrected chi connectivity index (χ3v) is 4.87. The van der Waals surface area contributed by atoms with Crippen LogP contribution in [0.25, 0.3) is 0 Å². The van der Waals surface area contributed by atoms with Gasteiger partial charge in [0.15, 0.2) is 0 Å². The summed E-state index contributed by atoms with van der Waals surface area (Å²) in [4.78, 5) is 0. The van der Waals surface area contributed by atoms with Crippen LogP contribution in [0.1, 0.15) is 47.0 Å². The first-order valence-corrected chi connectivity index (χ1v) is 8.58. The summed E-state index contributed by atoms with van der Waals surface area (Å²) in [7, 11) is -3.12. The minimum Gasteiger partial charge on any atom is -0.330 e. The first-order chi connectivity index (χ1) is 8.29. The summed E-state index contributed by atoms with van der Waals surface area (Å²) >= 11 is 0. The summed E-state index contributed by atoms with van der Waals surface area (Å²) in [5.74, 6) is 1.23. The summed E-state index contributed by atoms with van der Waals surface area (Å²) < 4.78 is 26.0. The van der Waals surface area contributed by atoms with E-state index >= 15 is 0 Å². The highest BCUT2D eigenvalue weighted by Gasteiger charge is 2.21. The largest absolute Gasteiger partial charge is 0.330 e. The maximum Gasteiger partial charge on any atom is 0.214 e. The third-order valence-electron chi connectivity index (χ3n) is 2.91. The first kappa shape index (κ1) is 17.9. The molecule has 0 amide bonds. The summed E-state index contributed by atoms with van der Waals surface area (Å²) in [5, 5.41) is 0. The molecule has 0 heterocycles. The van der Waals surface area contributed by atoms with Crippen LogP contribution in [0.4, 0.5) is 0 Å². The van der Waals surface area contributed by atoms with Crippen LogP contribution >= 0.6 is 0 Å². The van der Waals surface area contributed by atoms with Crippen LogP contribution in [-0.4, -0.2) is 38.1 Å². The van der Waals surface area contributed by atoms with E-state index < -0.39 is 10.0 Å². The van der Waals surface area contributed by atoms with Gasteiger partial charge in [-0.25, -0.2) is 12.7 Å². The maximum atomic E-state index is 12.2. The molecule has 5 heteroatoms. The molecule has 0 aliphatic heterocycles. The number of rotatable bonds is 10. The topological polar surface area (TPSA) is 63.4 Å². The fraction of sp³-hybridized carbons (Fsp3) is 1.00. The normalized spacial score (nSPS) is 12.9. The lowest BCUT2D eigenvalue weighted by Gasteiger charge is -2.23. The van der Waals surface area contributed by atoms with Gasteiger partial charge in [-0.05, 0) is 37.6 Å². The van der Waals surface area contributed by atoms with Crippen molar-refractivity contribution in [3.8, 4) is 0 Å². The van der Waals surface area contributed by atoms with Gasteiger partial charge in [-0.1, -0.05) is 27.7 Å². The lowest BCUT2D eigenvalue weighted by molar-refractivity contribution is 0.356. The second kappa shape index (κ2) is 8.88. The van der Waals surface area contributed by atoms with E-state index in [1.807, 2.05) is 0 Å². The summed E-state index contributed by atoms with van der Waals surface area (Å²) in [6, 6.07) is 0. The van der Waals surface area contributed by atoms with Crippen LogP contribution in [0.2, 0.25) is 0 Å². The van der Waals surface area contributed by atoms with Gasteiger partial charge in [0.25, 0.3) is 0 Å². The zero-order chi connectivity index (χ0) is 14.2. The summed E-state index contributed by atoms with van der Waals surface area (Å²) in [6.07, 6.45) is 2.38. The number of nitrogens with zero attached hydrogens (tertiary/aromatic N) is 1. The van der Waals surface area contributed by atoms with Crippen LogP contribution < -0.4 is 5.73 Å². The molecule has 18 heavy (non-hydrogen) atoms. The second-order valence-corrected chi connectivity index (χ2v) is 7.81. The standard InChI is InChI=1S/C13H30N2O2S/c1-12(2)6-9-15(10-7-13(3)4)18(16,17)11-5-8-14/h12-13H,5-11,14H2,1-4H3. The predicted molar refractivity (Wildman–Crippen MR) is 77.9 cm³/mol. The fourth-order valence-corrected chi connectivity index (χ4v) is 3.15. The van der Waals surface area contributed by atoms with Gasteiger partial charge >= 0.3 is 0 Å². The molecule has 110 valence electrons. The van der Waals surface area contributed by atoms with E-state index in [4.69, 9.17) is 5.73 Å². The molecule has 0 unspecified atom stereocenters. The molecule has 0 rings (SSSR count). The molecular formula is C13H30N2O2S. The molecule has 0 fully saturated rings. The van der Waals surface area contributed by atoms with Gasteiger partial charge in [0.05, 0.1) is 5.75 Å². The number of hydrogen-bond donors (Lipinski definition) is 1. The van der Waals surface area contributed by atoms with Crippen molar-refractivity contribution in [1.29, 1.82) is 0 Å². The molecule has 0 radical (unpaired) electrons. The van der Waals surface area contributed by atoms with Crippen molar-refractivity contribution in [2.24, 2.45) is 17.6 Å². The van der Waals surface area contributed by atoms with E-state index in [0.717, 1.165) is 12.8 Å². The smallest absolute Gasteiger partial charge is 0.214 e. The quantitative estimate of drug-likeness (QED) is 0.665. The average molecular weight is 278 g/mol. The lowest BCUT2D eigenvalue weighted by atomic mass is 10.1. The molecule has 4 nitrogen and oxygen atoms in total. The second-order valence-electron chi connectivity index (χ2n) is 5.72. The number of sulfonamides is 1. The van der Waals surface area contributed by atoms with Crippen LogP contribution in [0.5, 0.6) is 0 Å². The van der Waals surface area contributed by atoms with Crippen molar-refractivity contribution >= 4 is 10.0 Å². The van der Waals surface area contributed by atoms with E-state index in [2.05, 4.69) is 27.7 Å². The predicted octanol–water partition coefficient (Wildman–Crippen LogP) is 2.06. The van der Waals surface area contributed by atoms with E-state index in [1.165, 1.54) is 0 Å². The van der Waals surface area contributed by atoms with E-state index in [0.29, 0.717) is 37.9 Å². The Bertz CT molecular complexity index is 288. The summed E-state index contributed by atoms with van der Waals surface area (Å²) in [5.41, 5.74) is 5.40. The van der Waals surface area contributed by atoms with Crippen molar-refractivity contribution in [3.05, 3.63) is 0 Å². The van der Waals surface area contributed by atoms with Gasteiger partial charge < -0.3 is 5.73 Å². The van der Waals surface area contributed by atoms with Crippen molar-refractivity contribution in [2.45, 2.75) is 47.0 Å². The third kappa shape index (κ3) is 8.06. The minimum atomic E-state index is -3.12. The molecule has 0 atom stereocenters. The molecule has 0 aromatic carbocycles. The molecule has 0 spiro atoms. The Balaban J connectivity index is 4.51. The summed E-state index contributed by atoms with van der Waals surface area (Å²) in [6.45, 7) is 10.2. The maximum absolute atomic E-state index is 12.2. The zero-order valence-corrected chi connectivity index (χ0v) is 13.2. The Kier molecular flexibility index (Phi) is 8.82. The van der Waals surface area contributed by atoms with Crippen LogP contribution in [0.3, 0.4) is 0 Å². The average Bonchev–Trinajstić information content (AvgIpc) is 2.25. The van der Waals surface area contributed by atoms with Crippen molar-refractivity contribution in [2.75, 3.05) is 25.4 Å². The van der Waals surface area contributed by atoms with Crippen LogP contribution in [0, 0.1) is 11.8 Å².